The van der Waals surface area contributed by atoms with E-state index in [1.54, 1.807) is 0 Å². The maximum atomic E-state index is 5.99. The van der Waals surface area contributed by atoms with Gasteiger partial charge in [-0.25, -0.2) is 0 Å². The lowest BCUT2D eigenvalue weighted by Gasteiger charge is -2.16. The van der Waals surface area contributed by atoms with Crippen LogP contribution in [-0.4, -0.2) is 7.05 Å². The van der Waals surface area contributed by atoms with Crippen LogP contribution < -0.4 is 10.1 Å². The molecule has 0 saturated carbocycles. The second kappa shape index (κ2) is 6.72. The third-order valence-electron chi connectivity index (χ3n) is 2.92. The molecule has 0 spiro atoms. The highest BCUT2D eigenvalue weighted by atomic mass is 127. The summed E-state index contributed by atoms with van der Waals surface area (Å²) in [6.45, 7) is 2.12. The first kappa shape index (κ1) is 14.8. The molecule has 4 heteroatoms. The molecule has 0 aliphatic carbocycles. The first-order valence-corrected chi connectivity index (χ1v) is 7.87. The minimum absolute atomic E-state index is 0.243. The Morgan fingerprint density at radius 1 is 1.16 bits per heavy atom. The SMILES string of the molecule is CNC(C)c1ccc(Br)cc1Oc1ccc(I)cc1. The van der Waals surface area contributed by atoms with E-state index < -0.39 is 0 Å². The zero-order valence-electron chi connectivity index (χ0n) is 10.8. The number of ether oxygens (including phenoxy) is 1. The van der Waals surface area contributed by atoms with Gasteiger partial charge in [-0.15, -0.1) is 0 Å². The minimum Gasteiger partial charge on any atom is -0.457 e. The average Bonchev–Trinajstić information content (AvgIpc) is 2.41. The number of nitrogens with one attached hydrogen (secondary N) is 1. The van der Waals surface area contributed by atoms with Crippen LogP contribution in [-0.2, 0) is 0 Å². The Kier molecular flexibility index (Phi) is 5.24. The van der Waals surface area contributed by atoms with Crippen molar-refractivity contribution >= 4 is 38.5 Å². The van der Waals surface area contributed by atoms with Crippen LogP contribution >= 0.6 is 38.5 Å². The lowest BCUT2D eigenvalue weighted by atomic mass is 10.1. The Labute approximate surface area is 135 Å². The Hall–Kier alpha value is -0.590. The van der Waals surface area contributed by atoms with E-state index in [1.807, 2.05) is 43.4 Å². The Morgan fingerprint density at radius 2 is 1.84 bits per heavy atom. The van der Waals surface area contributed by atoms with E-state index in [4.69, 9.17) is 4.74 Å². The van der Waals surface area contributed by atoms with E-state index in [0.29, 0.717) is 0 Å². The molecule has 0 aliphatic heterocycles. The zero-order chi connectivity index (χ0) is 13.8. The van der Waals surface area contributed by atoms with E-state index in [-0.39, 0.29) is 6.04 Å². The van der Waals surface area contributed by atoms with Gasteiger partial charge >= 0.3 is 0 Å². The fraction of sp³-hybridized carbons (Fsp3) is 0.200. The molecule has 0 heterocycles. The molecule has 19 heavy (non-hydrogen) atoms. The molecule has 0 amide bonds. The zero-order valence-corrected chi connectivity index (χ0v) is 14.5. The van der Waals surface area contributed by atoms with Crippen molar-refractivity contribution < 1.29 is 4.74 Å². The summed E-state index contributed by atoms with van der Waals surface area (Å²) in [4.78, 5) is 0. The molecule has 0 aliphatic rings. The van der Waals surface area contributed by atoms with Crippen molar-refractivity contribution in [3.05, 3.63) is 56.1 Å². The van der Waals surface area contributed by atoms with Gasteiger partial charge in [-0.05, 0) is 73.0 Å². The van der Waals surface area contributed by atoms with Crippen molar-refractivity contribution in [1.29, 1.82) is 0 Å². The lowest BCUT2D eigenvalue weighted by molar-refractivity contribution is 0.466. The quantitative estimate of drug-likeness (QED) is 0.678. The molecule has 2 nitrogen and oxygen atoms in total. The monoisotopic (exact) mass is 431 g/mol. The molecule has 2 aromatic carbocycles. The van der Waals surface area contributed by atoms with Crippen molar-refractivity contribution in [2.75, 3.05) is 7.05 Å². The molecule has 1 N–H and O–H groups in total. The van der Waals surface area contributed by atoms with E-state index in [1.165, 1.54) is 3.57 Å². The van der Waals surface area contributed by atoms with Crippen molar-refractivity contribution in [3.63, 3.8) is 0 Å². The minimum atomic E-state index is 0.243. The van der Waals surface area contributed by atoms with Gasteiger partial charge in [0.25, 0.3) is 0 Å². The molecule has 0 fully saturated rings. The fourth-order valence-electron chi connectivity index (χ4n) is 1.74. The van der Waals surface area contributed by atoms with Crippen LogP contribution in [0.25, 0.3) is 0 Å². The second-order valence-electron chi connectivity index (χ2n) is 4.25. The maximum absolute atomic E-state index is 5.99. The summed E-state index contributed by atoms with van der Waals surface area (Å²) < 4.78 is 8.21. The van der Waals surface area contributed by atoms with Crippen LogP contribution in [0.15, 0.2) is 46.9 Å². The lowest BCUT2D eigenvalue weighted by Crippen LogP contribution is -2.13. The van der Waals surface area contributed by atoms with E-state index >= 15 is 0 Å². The van der Waals surface area contributed by atoms with Crippen LogP contribution in [0.4, 0.5) is 0 Å². The predicted molar refractivity (Wildman–Crippen MR) is 90.8 cm³/mol. The summed E-state index contributed by atoms with van der Waals surface area (Å²) in [5.74, 6) is 1.72. The first-order valence-electron chi connectivity index (χ1n) is 6.00. The highest BCUT2D eigenvalue weighted by Gasteiger charge is 2.11. The molecular weight excluding hydrogens is 417 g/mol. The summed E-state index contributed by atoms with van der Waals surface area (Å²) >= 11 is 5.77. The van der Waals surface area contributed by atoms with Crippen LogP contribution in [0.1, 0.15) is 18.5 Å². The summed E-state index contributed by atoms with van der Waals surface area (Å²) in [5, 5.41) is 3.24. The van der Waals surface area contributed by atoms with Gasteiger partial charge in [-0.1, -0.05) is 22.0 Å². The Balaban J connectivity index is 2.32. The summed E-state index contributed by atoms with van der Waals surface area (Å²) in [6, 6.07) is 14.4. The standard InChI is InChI=1S/C15H15BrINO/c1-10(18-2)14-8-3-11(16)9-15(14)19-13-6-4-12(17)5-7-13/h3-10,18H,1-2H3. The number of hydrogen-bond acceptors (Lipinski definition) is 2. The molecule has 1 unspecified atom stereocenters. The Morgan fingerprint density at radius 3 is 2.47 bits per heavy atom. The largest absolute Gasteiger partial charge is 0.457 e. The summed E-state index contributed by atoms with van der Waals surface area (Å²) in [6.07, 6.45) is 0. The molecule has 2 rings (SSSR count). The van der Waals surface area contributed by atoms with Gasteiger partial charge in [0.2, 0.25) is 0 Å². The molecule has 0 saturated heterocycles. The third-order valence-corrected chi connectivity index (χ3v) is 4.13. The topological polar surface area (TPSA) is 21.3 Å². The number of halogens is 2. The van der Waals surface area contributed by atoms with Crippen molar-refractivity contribution in [3.8, 4) is 11.5 Å². The molecule has 0 radical (unpaired) electrons. The van der Waals surface area contributed by atoms with Gasteiger partial charge in [0.05, 0.1) is 0 Å². The molecule has 0 aromatic heterocycles. The van der Waals surface area contributed by atoms with Crippen LogP contribution in [0, 0.1) is 3.57 Å². The second-order valence-corrected chi connectivity index (χ2v) is 6.41. The Bertz CT molecular complexity index is 557. The van der Waals surface area contributed by atoms with Gasteiger partial charge in [0, 0.05) is 19.6 Å². The first-order chi connectivity index (χ1) is 9.10. The highest BCUT2D eigenvalue weighted by Crippen LogP contribution is 2.32. The summed E-state index contributed by atoms with van der Waals surface area (Å²) in [7, 11) is 1.95. The molecular formula is C15H15BrINO. The molecule has 2 aromatic rings. The van der Waals surface area contributed by atoms with Gasteiger partial charge in [-0.3, -0.25) is 0 Å². The van der Waals surface area contributed by atoms with E-state index in [9.17, 15) is 0 Å². The van der Waals surface area contributed by atoms with E-state index in [0.717, 1.165) is 21.5 Å². The smallest absolute Gasteiger partial charge is 0.133 e. The third kappa shape index (κ3) is 3.94. The number of hydrogen-bond donors (Lipinski definition) is 1. The predicted octanol–water partition coefficient (Wildman–Crippen LogP) is 5.13. The van der Waals surface area contributed by atoms with Crippen LogP contribution in [0.2, 0.25) is 0 Å². The molecule has 1 atom stereocenters. The van der Waals surface area contributed by atoms with Crippen LogP contribution in [0.5, 0.6) is 11.5 Å². The molecule has 100 valence electrons. The van der Waals surface area contributed by atoms with Crippen molar-refractivity contribution in [2.24, 2.45) is 0 Å². The maximum Gasteiger partial charge on any atom is 0.133 e. The number of benzene rings is 2. The van der Waals surface area contributed by atoms with Gasteiger partial charge < -0.3 is 10.1 Å². The van der Waals surface area contributed by atoms with Crippen molar-refractivity contribution in [2.45, 2.75) is 13.0 Å². The van der Waals surface area contributed by atoms with Gasteiger partial charge in [0.15, 0.2) is 0 Å². The highest BCUT2D eigenvalue weighted by molar-refractivity contribution is 14.1. The van der Waals surface area contributed by atoms with Crippen LogP contribution in [0.3, 0.4) is 0 Å². The van der Waals surface area contributed by atoms with Gasteiger partial charge in [-0.2, -0.15) is 0 Å². The normalized spacial score (nSPS) is 12.2. The number of rotatable bonds is 4. The summed E-state index contributed by atoms with van der Waals surface area (Å²) in [5.41, 5.74) is 1.14. The molecule has 0 bridgehead atoms. The fourth-order valence-corrected chi connectivity index (χ4v) is 2.44. The van der Waals surface area contributed by atoms with Crippen molar-refractivity contribution in [1.82, 2.24) is 5.32 Å². The average molecular weight is 432 g/mol. The van der Waals surface area contributed by atoms with Gasteiger partial charge in [0.1, 0.15) is 11.5 Å². The van der Waals surface area contributed by atoms with E-state index in [2.05, 4.69) is 56.8 Å².